The van der Waals surface area contributed by atoms with E-state index in [0.29, 0.717) is 6.42 Å². The number of rotatable bonds is 67. The Morgan fingerprint density at radius 1 is 0.316 bits per heavy atom. The summed E-state index contributed by atoms with van der Waals surface area (Å²) >= 11 is 0. The highest BCUT2D eigenvalue weighted by molar-refractivity contribution is 5.76. The van der Waals surface area contributed by atoms with Gasteiger partial charge in [-0.1, -0.05) is 389 Å². The predicted octanol–water partition coefficient (Wildman–Crippen LogP) is 24.7. The van der Waals surface area contributed by atoms with Gasteiger partial charge in [0.05, 0.1) is 18.8 Å². The average Bonchev–Trinajstić information content (AvgIpc) is 3.45. The zero-order valence-corrected chi connectivity index (χ0v) is 53.7. The summed E-state index contributed by atoms with van der Waals surface area (Å²) in [6, 6.07) is -0.623. The lowest BCUT2D eigenvalue weighted by Gasteiger charge is -2.20. The largest absolute Gasteiger partial charge is 0.394 e. The van der Waals surface area contributed by atoms with Crippen molar-refractivity contribution in [3.05, 3.63) is 60.8 Å². The van der Waals surface area contributed by atoms with Gasteiger partial charge in [-0.3, -0.25) is 4.79 Å². The Morgan fingerprint density at radius 3 is 0.835 bits per heavy atom. The third kappa shape index (κ3) is 66.8. The summed E-state index contributed by atoms with van der Waals surface area (Å²) in [5, 5.41) is 23.3. The molecule has 0 aliphatic carbocycles. The highest BCUT2D eigenvalue weighted by atomic mass is 16.3. The molecular weight excluding hydrogens is 963 g/mol. The zero-order chi connectivity index (χ0) is 56.9. The van der Waals surface area contributed by atoms with Gasteiger partial charge >= 0.3 is 0 Å². The highest BCUT2D eigenvalue weighted by Crippen LogP contribution is 2.19. The van der Waals surface area contributed by atoms with E-state index in [-0.39, 0.29) is 12.5 Å². The lowest BCUT2D eigenvalue weighted by molar-refractivity contribution is -0.123. The van der Waals surface area contributed by atoms with Crippen LogP contribution in [0.2, 0.25) is 0 Å². The van der Waals surface area contributed by atoms with Crippen LogP contribution in [0.1, 0.15) is 393 Å². The predicted molar refractivity (Wildman–Crippen MR) is 354 cm³/mol. The number of nitrogens with one attached hydrogen (secondary N) is 1. The Morgan fingerprint density at radius 2 is 0.557 bits per heavy atom. The molecule has 0 spiro atoms. The van der Waals surface area contributed by atoms with Gasteiger partial charge in [0.1, 0.15) is 0 Å². The van der Waals surface area contributed by atoms with Crippen LogP contribution < -0.4 is 5.32 Å². The summed E-state index contributed by atoms with van der Waals surface area (Å²) in [5.41, 5.74) is 0. The smallest absolute Gasteiger partial charge is 0.220 e. The van der Waals surface area contributed by atoms with Crippen molar-refractivity contribution in [1.29, 1.82) is 0 Å². The maximum atomic E-state index is 12.5. The maximum Gasteiger partial charge on any atom is 0.220 e. The van der Waals surface area contributed by atoms with Gasteiger partial charge in [-0.05, 0) is 57.8 Å². The number of aliphatic hydroxyl groups is 2. The number of allylic oxidation sites excluding steroid dienone is 9. The van der Waals surface area contributed by atoms with Crippen LogP contribution >= 0.6 is 0 Å². The van der Waals surface area contributed by atoms with Gasteiger partial charge < -0.3 is 15.5 Å². The molecule has 2 unspecified atom stereocenters. The Labute approximate surface area is 496 Å². The van der Waals surface area contributed by atoms with Crippen LogP contribution in [0.15, 0.2) is 60.8 Å². The molecule has 0 saturated heterocycles. The Kier molecular flexibility index (Phi) is 68.7. The van der Waals surface area contributed by atoms with Gasteiger partial charge in [-0.25, -0.2) is 0 Å². The van der Waals surface area contributed by atoms with Crippen LogP contribution in [-0.2, 0) is 4.79 Å². The van der Waals surface area contributed by atoms with E-state index in [9.17, 15) is 15.0 Å². The second-order valence-corrected chi connectivity index (χ2v) is 24.6. The molecule has 4 nitrogen and oxygen atoms in total. The fourth-order valence-electron chi connectivity index (χ4n) is 11.4. The van der Waals surface area contributed by atoms with Gasteiger partial charge in [-0.2, -0.15) is 0 Å². The molecule has 0 rings (SSSR count). The Hall–Kier alpha value is -1.91. The fraction of sp³-hybridized carbons (Fsp3) is 0.853. The number of hydrogen-bond donors (Lipinski definition) is 3. The first kappa shape index (κ1) is 77.1. The molecule has 2 atom stereocenters. The van der Waals surface area contributed by atoms with Crippen LogP contribution in [0.3, 0.4) is 0 Å². The van der Waals surface area contributed by atoms with E-state index < -0.39 is 12.1 Å². The van der Waals surface area contributed by atoms with Crippen LogP contribution in [0.25, 0.3) is 0 Å². The van der Waals surface area contributed by atoms with Crippen molar-refractivity contribution in [2.45, 2.75) is 405 Å². The molecule has 464 valence electrons. The highest BCUT2D eigenvalue weighted by Gasteiger charge is 2.18. The molecule has 0 aromatic carbocycles. The first-order valence-corrected chi connectivity index (χ1v) is 36.0. The van der Waals surface area contributed by atoms with Crippen molar-refractivity contribution in [2.75, 3.05) is 6.61 Å². The molecular formula is C75H141NO3. The van der Waals surface area contributed by atoms with Crippen molar-refractivity contribution in [1.82, 2.24) is 5.32 Å². The van der Waals surface area contributed by atoms with E-state index in [1.54, 1.807) is 6.08 Å². The van der Waals surface area contributed by atoms with E-state index in [1.165, 1.54) is 321 Å². The van der Waals surface area contributed by atoms with E-state index >= 15 is 0 Å². The van der Waals surface area contributed by atoms with Crippen molar-refractivity contribution < 1.29 is 15.0 Å². The molecule has 0 radical (unpaired) electrons. The first-order chi connectivity index (χ1) is 39.2. The van der Waals surface area contributed by atoms with Gasteiger partial charge in [0.25, 0.3) is 0 Å². The standard InChI is InChI=1S/C75H141NO3/c1-3-5-7-9-11-13-15-17-19-21-23-25-27-29-31-32-33-34-35-36-37-38-39-40-41-42-43-44-45-47-49-51-53-55-57-59-61-63-65-67-69-71-75(79)76-73(72-77)74(78)70-68-66-64-62-60-58-56-54-52-50-48-46-30-28-26-24-22-20-18-16-14-12-10-8-6-4-2/h5,7,11,13,17,19,23,25,68,70,73-74,77-78H,3-4,6,8-10,12,14-16,18,20-22,24,26-67,69,71-72H2,1-2H3,(H,76,79)/b7-5-,13-11-,19-17-,25-23-,70-68+. The summed E-state index contributed by atoms with van der Waals surface area (Å²) in [7, 11) is 0. The number of unbranched alkanes of at least 4 members (excludes halogenated alkanes) is 52. The number of aliphatic hydroxyl groups excluding tert-OH is 2. The summed E-state index contributed by atoms with van der Waals surface area (Å²) in [6.45, 7) is 4.24. The van der Waals surface area contributed by atoms with Crippen LogP contribution in [0.4, 0.5) is 0 Å². The molecule has 0 aromatic rings. The number of carbonyl (C=O) groups excluding carboxylic acids is 1. The molecule has 0 heterocycles. The molecule has 0 fully saturated rings. The van der Waals surface area contributed by atoms with Crippen molar-refractivity contribution in [3.63, 3.8) is 0 Å². The van der Waals surface area contributed by atoms with Crippen LogP contribution in [0.5, 0.6) is 0 Å². The third-order valence-electron chi connectivity index (χ3n) is 16.8. The molecule has 0 aliphatic rings. The number of hydrogen-bond acceptors (Lipinski definition) is 3. The van der Waals surface area contributed by atoms with Gasteiger partial charge in [0.2, 0.25) is 5.91 Å². The topological polar surface area (TPSA) is 69.6 Å². The number of carbonyl (C=O) groups is 1. The minimum Gasteiger partial charge on any atom is -0.394 e. The molecule has 0 saturated carbocycles. The lowest BCUT2D eigenvalue weighted by atomic mass is 10.0. The maximum absolute atomic E-state index is 12.5. The molecule has 4 heteroatoms. The quantitative estimate of drug-likeness (QED) is 0.0420. The molecule has 0 aliphatic heterocycles. The van der Waals surface area contributed by atoms with E-state index in [2.05, 4.69) is 67.8 Å². The summed E-state index contributed by atoms with van der Waals surface area (Å²) < 4.78 is 0. The second-order valence-electron chi connectivity index (χ2n) is 24.6. The number of amides is 1. The van der Waals surface area contributed by atoms with Crippen LogP contribution in [-0.4, -0.2) is 34.9 Å². The normalized spacial score (nSPS) is 13.0. The molecule has 0 aromatic heterocycles. The molecule has 1 amide bonds. The van der Waals surface area contributed by atoms with E-state index in [1.807, 2.05) is 6.08 Å². The van der Waals surface area contributed by atoms with Gasteiger partial charge in [0.15, 0.2) is 0 Å². The summed E-state index contributed by atoms with van der Waals surface area (Å²) in [5.74, 6) is -0.0555. The minimum atomic E-state index is -0.840. The molecule has 3 N–H and O–H groups in total. The Balaban J connectivity index is 3.39. The summed E-state index contributed by atoms with van der Waals surface area (Å²) in [6.07, 6.45) is 100. The van der Waals surface area contributed by atoms with Crippen LogP contribution in [0, 0.1) is 0 Å². The summed E-state index contributed by atoms with van der Waals surface area (Å²) in [4.78, 5) is 12.5. The van der Waals surface area contributed by atoms with E-state index in [4.69, 9.17) is 0 Å². The van der Waals surface area contributed by atoms with Gasteiger partial charge in [-0.15, -0.1) is 0 Å². The zero-order valence-electron chi connectivity index (χ0n) is 53.7. The molecule has 79 heavy (non-hydrogen) atoms. The fourth-order valence-corrected chi connectivity index (χ4v) is 11.4. The van der Waals surface area contributed by atoms with Gasteiger partial charge in [0, 0.05) is 6.42 Å². The second kappa shape index (κ2) is 70.4. The van der Waals surface area contributed by atoms with Crippen molar-refractivity contribution in [3.8, 4) is 0 Å². The Bertz CT molecular complexity index is 1300. The third-order valence-corrected chi connectivity index (χ3v) is 16.8. The van der Waals surface area contributed by atoms with E-state index in [0.717, 1.165) is 51.4 Å². The minimum absolute atomic E-state index is 0.0555. The van der Waals surface area contributed by atoms with Crippen molar-refractivity contribution >= 4 is 5.91 Å². The lowest BCUT2D eigenvalue weighted by Crippen LogP contribution is -2.45. The SMILES string of the molecule is CC/C=C\C/C=C\C/C=C\C/C=C\CCCCCCCCCCCCCCCCCCCCCCCCCCCCCCC(=O)NC(CO)C(O)/C=C/CCCCCCCCCCCCCCCCCCCCCCCCCC. The monoisotopic (exact) mass is 1100 g/mol. The first-order valence-electron chi connectivity index (χ1n) is 36.0. The van der Waals surface area contributed by atoms with Crippen molar-refractivity contribution in [2.24, 2.45) is 0 Å². The average molecular weight is 1100 g/mol. The molecule has 0 bridgehead atoms.